The van der Waals surface area contributed by atoms with E-state index in [0.29, 0.717) is 5.92 Å². The second-order valence-electron chi connectivity index (χ2n) is 6.43. The van der Waals surface area contributed by atoms with Gasteiger partial charge >= 0.3 is 0 Å². The van der Waals surface area contributed by atoms with Crippen LogP contribution in [0.25, 0.3) is 0 Å². The summed E-state index contributed by atoms with van der Waals surface area (Å²) in [4.78, 5) is 3.95. The van der Waals surface area contributed by atoms with E-state index in [-0.39, 0.29) is 17.5 Å². The Morgan fingerprint density at radius 2 is 2.14 bits per heavy atom. The summed E-state index contributed by atoms with van der Waals surface area (Å²) in [6, 6.07) is 1.47. The predicted octanol–water partition coefficient (Wildman–Crippen LogP) is 2.85. The van der Waals surface area contributed by atoms with Crippen LogP contribution in [0.3, 0.4) is 0 Å². The second-order valence-corrected chi connectivity index (χ2v) is 6.43. The SMILES string of the molecule is NNC(c1cncc(F)c1)C1CCOC2(CCCCC2)C1. The molecule has 3 N–H and O–H groups in total. The summed E-state index contributed by atoms with van der Waals surface area (Å²) in [6.07, 6.45) is 11.0. The van der Waals surface area contributed by atoms with Crippen LogP contribution < -0.4 is 11.3 Å². The maximum atomic E-state index is 13.4. The molecular formula is C16H24FN3O. The van der Waals surface area contributed by atoms with Gasteiger partial charge in [-0.15, -0.1) is 0 Å². The van der Waals surface area contributed by atoms with Gasteiger partial charge in [-0.25, -0.2) is 4.39 Å². The van der Waals surface area contributed by atoms with Crippen molar-refractivity contribution in [1.29, 1.82) is 0 Å². The van der Waals surface area contributed by atoms with Crippen LogP contribution in [0, 0.1) is 11.7 Å². The number of hydrogen-bond acceptors (Lipinski definition) is 4. The van der Waals surface area contributed by atoms with Gasteiger partial charge < -0.3 is 4.74 Å². The summed E-state index contributed by atoms with van der Waals surface area (Å²) in [5, 5.41) is 0. The standard InChI is InChI=1S/C16H24FN3O/c17-14-8-13(10-19-11-14)15(20-18)12-4-7-21-16(9-12)5-2-1-3-6-16/h8,10-12,15,20H,1-7,9,18H2. The van der Waals surface area contributed by atoms with Gasteiger partial charge in [0, 0.05) is 12.8 Å². The van der Waals surface area contributed by atoms with Crippen molar-refractivity contribution in [3.63, 3.8) is 0 Å². The summed E-state index contributed by atoms with van der Waals surface area (Å²) < 4.78 is 19.6. The highest BCUT2D eigenvalue weighted by Crippen LogP contribution is 2.44. The normalized spacial score (nSPS) is 26.7. The topological polar surface area (TPSA) is 60.2 Å². The zero-order valence-corrected chi connectivity index (χ0v) is 12.4. The third kappa shape index (κ3) is 3.25. The minimum atomic E-state index is -0.313. The molecule has 2 unspecified atom stereocenters. The molecule has 0 radical (unpaired) electrons. The molecule has 116 valence electrons. The molecule has 1 saturated carbocycles. The molecule has 0 bridgehead atoms. The highest BCUT2D eigenvalue weighted by Gasteiger charge is 2.41. The summed E-state index contributed by atoms with van der Waals surface area (Å²) in [5.41, 5.74) is 3.73. The molecule has 2 atom stereocenters. The molecule has 1 aliphatic heterocycles. The zero-order chi connectivity index (χ0) is 14.7. The summed E-state index contributed by atoms with van der Waals surface area (Å²) in [6.45, 7) is 0.769. The molecule has 1 aromatic rings. The second kappa shape index (κ2) is 6.38. The van der Waals surface area contributed by atoms with E-state index in [0.717, 1.165) is 37.9 Å². The Balaban J connectivity index is 1.77. The van der Waals surface area contributed by atoms with Gasteiger partial charge in [-0.05, 0) is 43.2 Å². The van der Waals surface area contributed by atoms with E-state index in [9.17, 15) is 4.39 Å². The number of ether oxygens (including phenoxy) is 1. The van der Waals surface area contributed by atoms with E-state index < -0.39 is 0 Å². The average Bonchev–Trinajstić information content (AvgIpc) is 2.49. The van der Waals surface area contributed by atoms with Gasteiger partial charge in [0.2, 0.25) is 0 Å². The van der Waals surface area contributed by atoms with E-state index in [1.807, 2.05) is 0 Å². The van der Waals surface area contributed by atoms with Crippen molar-refractivity contribution in [2.24, 2.45) is 11.8 Å². The van der Waals surface area contributed by atoms with Gasteiger partial charge in [-0.2, -0.15) is 0 Å². The molecule has 1 aliphatic carbocycles. The van der Waals surface area contributed by atoms with Crippen LogP contribution in [-0.4, -0.2) is 17.2 Å². The van der Waals surface area contributed by atoms with Gasteiger partial charge in [0.25, 0.3) is 0 Å². The number of nitrogens with zero attached hydrogens (tertiary/aromatic N) is 1. The number of rotatable bonds is 3. The number of hydrazine groups is 1. The summed E-state index contributed by atoms with van der Waals surface area (Å²) in [7, 11) is 0. The Morgan fingerprint density at radius 3 is 2.86 bits per heavy atom. The van der Waals surface area contributed by atoms with Crippen LogP contribution in [-0.2, 0) is 4.74 Å². The molecular weight excluding hydrogens is 269 g/mol. The van der Waals surface area contributed by atoms with Crippen LogP contribution in [0.1, 0.15) is 56.6 Å². The van der Waals surface area contributed by atoms with Crippen molar-refractivity contribution in [2.75, 3.05) is 6.61 Å². The Morgan fingerprint density at radius 1 is 1.33 bits per heavy atom. The van der Waals surface area contributed by atoms with Crippen LogP contribution in [0.5, 0.6) is 0 Å². The first kappa shape index (κ1) is 14.9. The Hall–Kier alpha value is -1.04. The Kier molecular flexibility index (Phi) is 4.52. The van der Waals surface area contributed by atoms with Crippen molar-refractivity contribution in [2.45, 2.75) is 56.6 Å². The van der Waals surface area contributed by atoms with Crippen LogP contribution >= 0.6 is 0 Å². The summed E-state index contributed by atoms with van der Waals surface area (Å²) in [5.74, 6) is 5.82. The van der Waals surface area contributed by atoms with E-state index >= 15 is 0 Å². The molecule has 1 spiro atoms. The minimum Gasteiger partial charge on any atom is -0.375 e. The molecule has 2 aliphatic rings. The third-order valence-corrected chi connectivity index (χ3v) is 5.03. The fourth-order valence-corrected chi connectivity index (χ4v) is 4.00. The maximum Gasteiger partial charge on any atom is 0.141 e. The maximum absolute atomic E-state index is 13.4. The Bertz CT molecular complexity index is 471. The fraction of sp³-hybridized carbons (Fsp3) is 0.688. The van der Waals surface area contributed by atoms with Crippen LogP contribution in [0.4, 0.5) is 4.39 Å². The largest absolute Gasteiger partial charge is 0.375 e. The van der Waals surface area contributed by atoms with Crippen molar-refractivity contribution in [1.82, 2.24) is 10.4 Å². The molecule has 0 amide bonds. The van der Waals surface area contributed by atoms with E-state index in [1.54, 1.807) is 6.20 Å². The first-order valence-corrected chi connectivity index (χ1v) is 7.93. The first-order valence-electron chi connectivity index (χ1n) is 7.93. The number of nitrogens with two attached hydrogens (primary N) is 1. The van der Waals surface area contributed by atoms with Gasteiger partial charge in [-0.1, -0.05) is 19.3 Å². The summed E-state index contributed by atoms with van der Waals surface area (Å²) >= 11 is 0. The molecule has 1 saturated heterocycles. The van der Waals surface area contributed by atoms with Gasteiger partial charge in [0.1, 0.15) is 5.82 Å². The predicted molar refractivity (Wildman–Crippen MR) is 78.8 cm³/mol. The number of pyridine rings is 1. The molecule has 5 heteroatoms. The van der Waals surface area contributed by atoms with Gasteiger partial charge in [0.15, 0.2) is 0 Å². The van der Waals surface area contributed by atoms with Crippen molar-refractivity contribution >= 4 is 0 Å². The fourth-order valence-electron chi connectivity index (χ4n) is 4.00. The van der Waals surface area contributed by atoms with Gasteiger partial charge in [0.05, 0.1) is 17.8 Å². The van der Waals surface area contributed by atoms with Gasteiger partial charge in [-0.3, -0.25) is 16.3 Å². The molecule has 3 rings (SSSR count). The Labute approximate surface area is 125 Å². The number of halogens is 1. The lowest BCUT2D eigenvalue weighted by atomic mass is 9.73. The third-order valence-electron chi connectivity index (χ3n) is 5.03. The van der Waals surface area contributed by atoms with E-state index in [2.05, 4.69) is 10.4 Å². The molecule has 2 fully saturated rings. The molecule has 0 aromatic carbocycles. The number of hydrogen-bond donors (Lipinski definition) is 2. The van der Waals surface area contributed by atoms with Crippen molar-refractivity contribution in [3.8, 4) is 0 Å². The molecule has 1 aromatic heterocycles. The highest BCUT2D eigenvalue weighted by atomic mass is 19.1. The van der Waals surface area contributed by atoms with Crippen molar-refractivity contribution in [3.05, 3.63) is 29.8 Å². The molecule has 2 heterocycles. The lowest BCUT2D eigenvalue weighted by Crippen LogP contribution is -2.46. The van der Waals surface area contributed by atoms with Crippen LogP contribution in [0.15, 0.2) is 18.5 Å². The van der Waals surface area contributed by atoms with E-state index in [4.69, 9.17) is 10.6 Å². The van der Waals surface area contributed by atoms with Crippen LogP contribution in [0.2, 0.25) is 0 Å². The zero-order valence-electron chi connectivity index (χ0n) is 12.4. The average molecular weight is 293 g/mol. The smallest absolute Gasteiger partial charge is 0.141 e. The first-order chi connectivity index (χ1) is 10.2. The highest BCUT2D eigenvalue weighted by molar-refractivity contribution is 5.16. The monoisotopic (exact) mass is 293 g/mol. The molecule has 21 heavy (non-hydrogen) atoms. The molecule has 4 nitrogen and oxygen atoms in total. The quantitative estimate of drug-likeness (QED) is 0.664. The lowest BCUT2D eigenvalue weighted by Gasteiger charge is -2.45. The van der Waals surface area contributed by atoms with Crippen molar-refractivity contribution < 1.29 is 9.13 Å². The lowest BCUT2D eigenvalue weighted by molar-refractivity contribution is -0.122. The van der Waals surface area contributed by atoms with E-state index in [1.165, 1.54) is 31.5 Å². The number of aromatic nitrogens is 1. The minimum absolute atomic E-state index is 0.0248. The number of nitrogens with one attached hydrogen (secondary N) is 1.